The summed E-state index contributed by atoms with van der Waals surface area (Å²) >= 11 is 1.30. The summed E-state index contributed by atoms with van der Waals surface area (Å²) in [7, 11) is 3.10. The molecule has 0 saturated carbocycles. The highest BCUT2D eigenvalue weighted by Crippen LogP contribution is 2.37. The largest absolute Gasteiger partial charge is 0.493 e. The van der Waals surface area contributed by atoms with Crippen LogP contribution in [0.15, 0.2) is 65.7 Å². The molecule has 0 atom stereocenters. The number of rotatable bonds is 6. The fourth-order valence-corrected chi connectivity index (χ4v) is 3.26. The predicted octanol–water partition coefficient (Wildman–Crippen LogP) is 5.90. The summed E-state index contributed by atoms with van der Waals surface area (Å²) < 4.78 is 53.4. The summed E-state index contributed by atoms with van der Waals surface area (Å²) in [5.41, 5.74) is 0.189. The fourth-order valence-electron chi connectivity index (χ4n) is 2.59. The zero-order valence-corrected chi connectivity index (χ0v) is 15.9. The molecular weight excluding hydrogens is 389 g/mol. The minimum atomic E-state index is -4.45. The fraction of sp³-hybridized carbons (Fsp3) is 0.150. The average molecular weight is 406 g/mol. The second-order valence-electron chi connectivity index (χ2n) is 5.69. The second kappa shape index (κ2) is 8.43. The molecule has 2 aromatic carbocycles. The molecule has 1 aromatic heterocycles. The number of halogens is 3. The summed E-state index contributed by atoms with van der Waals surface area (Å²) in [4.78, 5) is 4.96. The summed E-state index contributed by atoms with van der Waals surface area (Å²) in [6, 6.07) is 14.1. The normalized spacial score (nSPS) is 11.2. The molecule has 0 bridgehead atoms. The van der Waals surface area contributed by atoms with E-state index in [4.69, 9.17) is 9.47 Å². The number of alkyl halides is 3. The van der Waals surface area contributed by atoms with Crippen molar-refractivity contribution in [1.82, 2.24) is 4.98 Å². The van der Waals surface area contributed by atoms with E-state index in [1.807, 2.05) is 6.07 Å². The first-order valence-corrected chi connectivity index (χ1v) is 9.01. The van der Waals surface area contributed by atoms with Crippen LogP contribution in [-0.4, -0.2) is 19.2 Å². The van der Waals surface area contributed by atoms with Gasteiger partial charge in [-0.05, 0) is 48.3 Å². The Morgan fingerprint density at radius 2 is 1.68 bits per heavy atom. The van der Waals surface area contributed by atoms with Gasteiger partial charge in [-0.2, -0.15) is 13.2 Å². The first kappa shape index (κ1) is 19.9. The van der Waals surface area contributed by atoms with Gasteiger partial charge in [-0.25, -0.2) is 0 Å². The Balaban J connectivity index is 1.82. The molecule has 3 aromatic rings. The van der Waals surface area contributed by atoms with Gasteiger partial charge in [0.1, 0.15) is 0 Å². The Bertz CT molecular complexity index is 964. The van der Waals surface area contributed by atoms with E-state index in [2.05, 4.69) is 9.71 Å². The highest BCUT2D eigenvalue weighted by Gasteiger charge is 2.33. The van der Waals surface area contributed by atoms with Gasteiger partial charge in [-0.15, -0.1) is 0 Å². The molecular formula is C20H17F3N2O2S. The number of nitrogens with one attached hydrogen (secondary N) is 1. The van der Waals surface area contributed by atoms with E-state index in [0.29, 0.717) is 17.2 Å². The van der Waals surface area contributed by atoms with Crippen LogP contribution in [0.25, 0.3) is 11.3 Å². The maximum atomic E-state index is 13.3. The molecule has 0 amide bonds. The number of methoxy groups -OCH3 is 2. The highest BCUT2D eigenvalue weighted by molar-refractivity contribution is 8.00. The summed E-state index contributed by atoms with van der Waals surface area (Å²) in [5, 5.41) is 0. The predicted molar refractivity (Wildman–Crippen MR) is 104 cm³/mol. The maximum absolute atomic E-state index is 13.3. The molecule has 28 heavy (non-hydrogen) atoms. The third-order valence-electron chi connectivity index (χ3n) is 3.91. The molecule has 146 valence electrons. The lowest BCUT2D eigenvalue weighted by atomic mass is 10.0. The van der Waals surface area contributed by atoms with Gasteiger partial charge in [0, 0.05) is 22.3 Å². The van der Waals surface area contributed by atoms with Crippen molar-refractivity contribution in [1.29, 1.82) is 0 Å². The zero-order chi connectivity index (χ0) is 20.1. The van der Waals surface area contributed by atoms with Crippen molar-refractivity contribution >= 4 is 17.6 Å². The Morgan fingerprint density at radius 3 is 2.39 bits per heavy atom. The highest BCUT2D eigenvalue weighted by atomic mass is 32.2. The molecule has 1 heterocycles. The van der Waals surface area contributed by atoms with Gasteiger partial charge in [0.15, 0.2) is 11.5 Å². The second-order valence-corrected chi connectivity index (χ2v) is 6.57. The minimum Gasteiger partial charge on any atom is -0.493 e. The number of ether oxygens (including phenoxy) is 2. The van der Waals surface area contributed by atoms with Gasteiger partial charge in [-0.3, -0.25) is 4.98 Å². The number of hydrogen-bond donors (Lipinski definition) is 1. The van der Waals surface area contributed by atoms with E-state index in [1.54, 1.807) is 44.6 Å². The van der Waals surface area contributed by atoms with E-state index in [-0.39, 0.29) is 11.3 Å². The third-order valence-corrected chi connectivity index (χ3v) is 4.74. The molecule has 0 aliphatic carbocycles. The lowest BCUT2D eigenvalue weighted by Crippen LogP contribution is -2.07. The molecule has 0 spiro atoms. The third kappa shape index (κ3) is 4.51. The van der Waals surface area contributed by atoms with Crippen LogP contribution in [0.5, 0.6) is 11.5 Å². The maximum Gasteiger partial charge on any atom is 0.417 e. The first-order valence-electron chi connectivity index (χ1n) is 8.20. The van der Waals surface area contributed by atoms with E-state index < -0.39 is 11.7 Å². The van der Waals surface area contributed by atoms with Crippen molar-refractivity contribution < 1.29 is 22.6 Å². The van der Waals surface area contributed by atoms with Crippen LogP contribution in [0, 0.1) is 0 Å². The Morgan fingerprint density at radius 1 is 0.929 bits per heavy atom. The number of pyridine rings is 1. The topological polar surface area (TPSA) is 43.4 Å². The van der Waals surface area contributed by atoms with E-state index in [0.717, 1.165) is 11.0 Å². The Kier molecular flexibility index (Phi) is 5.99. The molecule has 0 radical (unpaired) electrons. The molecule has 1 N–H and O–H groups in total. The SMILES string of the molecule is COc1ccc(SNc2ccnc(-c3ccccc3C(F)(F)F)c2)cc1OC. The quantitative estimate of drug-likeness (QED) is 0.516. The molecule has 0 aliphatic rings. The van der Waals surface area contributed by atoms with E-state index >= 15 is 0 Å². The number of nitrogens with zero attached hydrogens (tertiary/aromatic N) is 1. The lowest BCUT2D eigenvalue weighted by Gasteiger charge is -2.13. The zero-order valence-electron chi connectivity index (χ0n) is 15.1. The number of hydrogen-bond acceptors (Lipinski definition) is 5. The van der Waals surface area contributed by atoms with Gasteiger partial charge >= 0.3 is 6.18 Å². The van der Waals surface area contributed by atoms with Crippen LogP contribution >= 0.6 is 11.9 Å². The van der Waals surface area contributed by atoms with Crippen LogP contribution in [0.1, 0.15) is 5.56 Å². The van der Waals surface area contributed by atoms with Gasteiger partial charge in [0.25, 0.3) is 0 Å². The molecule has 0 saturated heterocycles. The number of anilines is 1. The van der Waals surface area contributed by atoms with Crippen molar-refractivity contribution in [3.05, 3.63) is 66.4 Å². The smallest absolute Gasteiger partial charge is 0.417 e. The summed E-state index contributed by atoms with van der Waals surface area (Å²) in [6.45, 7) is 0. The summed E-state index contributed by atoms with van der Waals surface area (Å²) in [5.74, 6) is 1.20. The molecule has 4 nitrogen and oxygen atoms in total. The van der Waals surface area contributed by atoms with Gasteiger partial charge in [0.2, 0.25) is 0 Å². The van der Waals surface area contributed by atoms with Gasteiger partial charge < -0.3 is 14.2 Å². The van der Waals surface area contributed by atoms with E-state index in [9.17, 15) is 13.2 Å². The molecule has 3 rings (SSSR count). The van der Waals surface area contributed by atoms with Crippen molar-refractivity contribution in [2.24, 2.45) is 0 Å². The summed E-state index contributed by atoms with van der Waals surface area (Å²) in [6.07, 6.45) is -2.98. The van der Waals surface area contributed by atoms with Crippen molar-refractivity contribution in [3.63, 3.8) is 0 Å². The van der Waals surface area contributed by atoms with Gasteiger partial charge in [-0.1, -0.05) is 18.2 Å². The number of benzene rings is 2. The van der Waals surface area contributed by atoms with Crippen LogP contribution in [0.2, 0.25) is 0 Å². The van der Waals surface area contributed by atoms with Crippen molar-refractivity contribution in [3.8, 4) is 22.8 Å². The van der Waals surface area contributed by atoms with E-state index in [1.165, 1.54) is 30.3 Å². The minimum absolute atomic E-state index is 0.0368. The van der Waals surface area contributed by atoms with Crippen LogP contribution in [-0.2, 0) is 6.18 Å². The van der Waals surface area contributed by atoms with Crippen LogP contribution in [0.3, 0.4) is 0 Å². The standard InChI is InChI=1S/C20H17F3N2O2S/c1-26-18-8-7-14(12-19(18)27-2)28-25-13-9-10-24-17(11-13)15-5-3-4-6-16(15)20(21,22)23/h3-12H,1-2H3,(H,24,25). The van der Waals surface area contributed by atoms with Crippen molar-refractivity contribution in [2.75, 3.05) is 18.9 Å². The first-order chi connectivity index (χ1) is 13.4. The lowest BCUT2D eigenvalue weighted by molar-refractivity contribution is -0.137. The Hall–Kier alpha value is -2.87. The number of aromatic nitrogens is 1. The van der Waals surface area contributed by atoms with Crippen LogP contribution in [0.4, 0.5) is 18.9 Å². The monoisotopic (exact) mass is 406 g/mol. The Labute approximate surface area is 164 Å². The molecule has 0 aliphatic heterocycles. The van der Waals surface area contributed by atoms with Gasteiger partial charge in [0.05, 0.1) is 25.5 Å². The molecule has 0 unspecified atom stereocenters. The molecule has 8 heteroatoms. The average Bonchev–Trinajstić information content (AvgIpc) is 2.71. The molecule has 0 fully saturated rings. The van der Waals surface area contributed by atoms with Crippen LogP contribution < -0.4 is 14.2 Å². The van der Waals surface area contributed by atoms with Crippen molar-refractivity contribution in [2.45, 2.75) is 11.1 Å².